The van der Waals surface area contributed by atoms with Crippen molar-refractivity contribution < 1.29 is 31.1 Å². The number of hydrogen-bond donors (Lipinski definition) is 1. The summed E-state index contributed by atoms with van der Waals surface area (Å²) in [7, 11) is -3.55. The van der Waals surface area contributed by atoms with Gasteiger partial charge in [0.2, 0.25) is 15.9 Å². The van der Waals surface area contributed by atoms with Gasteiger partial charge in [-0.3, -0.25) is 4.79 Å². The van der Waals surface area contributed by atoms with E-state index in [1.165, 1.54) is 34.6 Å². The second-order valence-corrected chi connectivity index (χ2v) is 10.9. The second kappa shape index (κ2) is 10.5. The van der Waals surface area contributed by atoms with E-state index in [1.54, 1.807) is 0 Å². The lowest BCUT2D eigenvalue weighted by Crippen LogP contribution is -2.39. The highest BCUT2D eigenvalue weighted by Crippen LogP contribution is 2.30. The Hall–Kier alpha value is -2.66. The average Bonchev–Trinajstić information content (AvgIpc) is 2.85. The molecule has 1 amide bonds. The number of benzene rings is 1. The molecule has 1 aliphatic heterocycles. The van der Waals surface area contributed by atoms with Crippen LogP contribution in [0.1, 0.15) is 60.9 Å². The maximum Gasteiger partial charge on any atom is 0.417 e. The molecule has 1 aromatic heterocycles. The summed E-state index contributed by atoms with van der Waals surface area (Å²) in [6.07, 6.45) is 1.42. The fraction of sp³-hybridized carbons (Fsp3) is 0.500. The lowest BCUT2D eigenvalue weighted by atomic mass is 9.92. The number of nitrogens with zero attached hydrogens (tertiary/aromatic N) is 2. The molecule has 2 aliphatic rings. The molecule has 4 rings (SSSR count). The van der Waals surface area contributed by atoms with Crippen molar-refractivity contribution >= 4 is 15.9 Å². The molecule has 0 radical (unpaired) electrons. The fourth-order valence-electron chi connectivity index (χ4n) is 4.41. The highest BCUT2D eigenvalue weighted by molar-refractivity contribution is 7.89. The Morgan fingerprint density at radius 1 is 0.971 bits per heavy atom. The molecule has 0 spiro atoms. The Morgan fingerprint density at radius 2 is 1.63 bits per heavy atom. The zero-order valence-corrected chi connectivity index (χ0v) is 19.9. The van der Waals surface area contributed by atoms with Crippen LogP contribution in [0.4, 0.5) is 13.2 Å². The minimum Gasteiger partial charge on any atom is -0.474 e. The average molecular weight is 512 g/mol. The zero-order chi connectivity index (χ0) is 25.1. The first-order valence-corrected chi connectivity index (χ1v) is 13.2. The van der Waals surface area contributed by atoms with Gasteiger partial charge < -0.3 is 10.1 Å². The molecular formula is C24H28F3N3O4S. The van der Waals surface area contributed by atoms with Gasteiger partial charge in [-0.25, -0.2) is 13.4 Å². The van der Waals surface area contributed by atoms with Crippen LogP contribution in [0.3, 0.4) is 0 Å². The Balaban J connectivity index is 1.26. The van der Waals surface area contributed by atoms with Gasteiger partial charge in [0.25, 0.3) is 5.91 Å². The zero-order valence-electron chi connectivity index (χ0n) is 19.1. The van der Waals surface area contributed by atoms with E-state index in [0.29, 0.717) is 44.3 Å². The molecule has 35 heavy (non-hydrogen) atoms. The molecule has 190 valence electrons. The monoisotopic (exact) mass is 511 g/mol. The van der Waals surface area contributed by atoms with Crippen LogP contribution in [0.15, 0.2) is 47.5 Å². The van der Waals surface area contributed by atoms with Crippen molar-refractivity contribution in [2.75, 3.05) is 13.1 Å². The number of nitrogens with one attached hydrogen (secondary N) is 1. The highest BCUT2D eigenvalue weighted by Gasteiger charge is 2.31. The smallest absolute Gasteiger partial charge is 0.417 e. The Labute approximate surface area is 202 Å². The third-order valence-electron chi connectivity index (χ3n) is 6.43. The van der Waals surface area contributed by atoms with Crippen LogP contribution in [0.25, 0.3) is 0 Å². The van der Waals surface area contributed by atoms with E-state index in [0.717, 1.165) is 31.5 Å². The van der Waals surface area contributed by atoms with Crippen molar-refractivity contribution in [2.24, 2.45) is 0 Å². The van der Waals surface area contributed by atoms with Gasteiger partial charge >= 0.3 is 6.18 Å². The number of piperidine rings is 1. The van der Waals surface area contributed by atoms with E-state index in [4.69, 9.17) is 4.74 Å². The lowest BCUT2D eigenvalue weighted by Gasteiger charge is -2.29. The van der Waals surface area contributed by atoms with Gasteiger partial charge in [-0.05, 0) is 68.9 Å². The van der Waals surface area contributed by atoms with E-state index < -0.39 is 21.8 Å². The number of sulfonamides is 1. The Bertz CT molecular complexity index is 1110. The first-order chi connectivity index (χ1) is 16.6. The molecule has 0 atom stereocenters. The van der Waals surface area contributed by atoms with Crippen LogP contribution in [-0.2, 0) is 16.2 Å². The van der Waals surface area contributed by atoms with Crippen molar-refractivity contribution in [2.45, 2.75) is 68.2 Å². The fourth-order valence-corrected chi connectivity index (χ4v) is 5.93. The molecule has 1 saturated carbocycles. The Morgan fingerprint density at radius 3 is 2.20 bits per heavy atom. The van der Waals surface area contributed by atoms with Crippen molar-refractivity contribution in [3.05, 3.63) is 53.7 Å². The number of ether oxygens (including phenoxy) is 1. The number of halogens is 3. The van der Waals surface area contributed by atoms with Gasteiger partial charge in [0.05, 0.1) is 10.5 Å². The minimum absolute atomic E-state index is 0.0697. The normalized spacial score (nSPS) is 21.9. The number of amides is 1. The molecule has 2 aromatic rings. The molecule has 0 unspecified atom stereocenters. The summed E-state index contributed by atoms with van der Waals surface area (Å²) in [6.45, 7) is 1.04. The van der Waals surface area contributed by atoms with Gasteiger partial charge in [0, 0.05) is 37.0 Å². The molecule has 2 fully saturated rings. The van der Waals surface area contributed by atoms with Crippen LogP contribution < -0.4 is 10.1 Å². The number of alkyl halides is 3. The summed E-state index contributed by atoms with van der Waals surface area (Å²) >= 11 is 0. The number of pyridine rings is 1. The molecule has 0 bridgehead atoms. The summed E-state index contributed by atoms with van der Waals surface area (Å²) < 4.78 is 70.7. The van der Waals surface area contributed by atoms with Gasteiger partial charge in [0.15, 0.2) is 0 Å². The first-order valence-electron chi connectivity index (χ1n) is 11.7. The quantitative estimate of drug-likeness (QED) is 0.621. The highest BCUT2D eigenvalue weighted by atomic mass is 32.2. The number of rotatable bonds is 6. The maximum atomic E-state index is 12.8. The minimum atomic E-state index is -4.44. The van der Waals surface area contributed by atoms with Crippen molar-refractivity contribution in [3.63, 3.8) is 0 Å². The lowest BCUT2D eigenvalue weighted by molar-refractivity contribution is -0.137. The van der Waals surface area contributed by atoms with Crippen LogP contribution in [0.5, 0.6) is 5.88 Å². The van der Waals surface area contributed by atoms with E-state index in [2.05, 4.69) is 10.3 Å². The first kappa shape index (κ1) is 25.4. The van der Waals surface area contributed by atoms with Gasteiger partial charge in [-0.1, -0.05) is 6.42 Å². The standard InChI is InChI=1S/C24H28F3N3O4S/c25-24(26,27)18-6-13-22(28-16-18)34-20-9-7-19(8-10-20)29-23(31)17-4-11-21(12-5-17)35(32,33)30-14-2-1-3-15-30/h4-6,11-13,16,19-20H,1-3,7-10,14-15H2,(H,29,31). The molecule has 7 nitrogen and oxygen atoms in total. The molecule has 1 N–H and O–H groups in total. The van der Waals surface area contributed by atoms with Crippen molar-refractivity contribution in [3.8, 4) is 5.88 Å². The van der Waals surface area contributed by atoms with Crippen LogP contribution >= 0.6 is 0 Å². The molecule has 11 heteroatoms. The summed E-state index contributed by atoms with van der Waals surface area (Å²) in [5, 5.41) is 2.97. The van der Waals surface area contributed by atoms with Crippen LogP contribution in [0.2, 0.25) is 0 Å². The van der Waals surface area contributed by atoms with E-state index in [-0.39, 0.29) is 28.8 Å². The predicted molar refractivity (Wildman–Crippen MR) is 122 cm³/mol. The number of hydrogen-bond acceptors (Lipinski definition) is 5. The molecule has 1 aliphatic carbocycles. The number of aromatic nitrogens is 1. The summed E-state index contributed by atoms with van der Waals surface area (Å²) in [6, 6.07) is 8.08. The van der Waals surface area contributed by atoms with E-state index >= 15 is 0 Å². The van der Waals surface area contributed by atoms with Crippen LogP contribution in [-0.4, -0.2) is 48.8 Å². The number of carbonyl (C=O) groups excluding carboxylic acids is 1. The molecular weight excluding hydrogens is 483 g/mol. The summed E-state index contributed by atoms with van der Waals surface area (Å²) in [5.74, 6) is -0.134. The summed E-state index contributed by atoms with van der Waals surface area (Å²) in [4.78, 5) is 16.6. The SMILES string of the molecule is O=C(NC1CCC(Oc2ccc(C(F)(F)F)cn2)CC1)c1ccc(S(=O)(=O)N2CCCCC2)cc1. The molecule has 1 aromatic carbocycles. The van der Waals surface area contributed by atoms with Gasteiger partial charge in [-0.15, -0.1) is 0 Å². The van der Waals surface area contributed by atoms with Crippen molar-refractivity contribution in [1.82, 2.24) is 14.6 Å². The molecule has 2 heterocycles. The van der Waals surface area contributed by atoms with E-state index in [1.807, 2.05) is 0 Å². The maximum absolute atomic E-state index is 12.8. The van der Waals surface area contributed by atoms with Crippen molar-refractivity contribution in [1.29, 1.82) is 0 Å². The predicted octanol–water partition coefficient (Wildman–Crippen LogP) is 4.40. The van der Waals surface area contributed by atoms with Gasteiger partial charge in [-0.2, -0.15) is 17.5 Å². The van der Waals surface area contributed by atoms with Gasteiger partial charge in [0.1, 0.15) is 6.10 Å². The molecule has 1 saturated heterocycles. The summed E-state index contributed by atoms with van der Waals surface area (Å²) in [5.41, 5.74) is -0.441. The topological polar surface area (TPSA) is 88.6 Å². The third kappa shape index (κ3) is 6.32. The Kier molecular flexibility index (Phi) is 7.65. The largest absolute Gasteiger partial charge is 0.474 e. The number of carbonyl (C=O) groups is 1. The van der Waals surface area contributed by atoms with Crippen LogP contribution in [0, 0.1) is 0 Å². The third-order valence-corrected chi connectivity index (χ3v) is 8.34. The second-order valence-electron chi connectivity index (χ2n) is 8.94. The van der Waals surface area contributed by atoms with E-state index in [9.17, 15) is 26.4 Å².